The van der Waals surface area contributed by atoms with Crippen molar-refractivity contribution < 1.29 is 19.7 Å². The van der Waals surface area contributed by atoms with E-state index in [9.17, 15) is 15.0 Å². The molecule has 5 atom stereocenters. The fraction of sp³-hybridized carbons (Fsp3) is 0.944. The van der Waals surface area contributed by atoms with Crippen LogP contribution in [0.25, 0.3) is 0 Å². The van der Waals surface area contributed by atoms with Crippen molar-refractivity contribution >= 4 is 17.6 Å². The van der Waals surface area contributed by atoms with Crippen LogP contribution in [0.3, 0.4) is 0 Å². The molecule has 0 aliphatic rings. The number of hydrogen-bond donors (Lipinski definition) is 2. The molecule has 0 aliphatic heterocycles. The van der Waals surface area contributed by atoms with E-state index < -0.39 is 17.7 Å². The van der Waals surface area contributed by atoms with Gasteiger partial charge < -0.3 is 14.9 Å². The van der Waals surface area contributed by atoms with Crippen LogP contribution in [0, 0.1) is 11.8 Å². The molecule has 0 aromatic carbocycles. The van der Waals surface area contributed by atoms with E-state index in [1.54, 1.807) is 6.92 Å². The van der Waals surface area contributed by atoms with Crippen LogP contribution in [0.15, 0.2) is 0 Å². The molecule has 0 aromatic heterocycles. The Balaban J connectivity index is 4.73. The molecule has 5 heteroatoms. The van der Waals surface area contributed by atoms with Crippen LogP contribution in [0.5, 0.6) is 0 Å². The third-order valence-electron chi connectivity index (χ3n) is 4.65. The summed E-state index contributed by atoms with van der Waals surface area (Å²) in [5, 5.41) is 21.0. The number of methoxy groups -OCH3 is 1. The monoisotopic (exact) mass is 350 g/mol. The first kappa shape index (κ1) is 22.7. The third-order valence-corrected chi connectivity index (χ3v) is 5.01. The van der Waals surface area contributed by atoms with E-state index in [1.807, 2.05) is 13.8 Å². The Bertz CT molecular complexity index is 331. The molecule has 0 aromatic rings. The molecule has 0 saturated heterocycles. The lowest BCUT2D eigenvalue weighted by Gasteiger charge is -2.34. The molecule has 4 nitrogen and oxygen atoms in total. The standard InChI is InChI=1S/C18H35ClO4/c1-6-8-9-15(13(3)19)12-18(4,22)11-14(7-2)16(20)10-17(21)23-5/h13-16,20,22H,6-12H2,1-5H3/t13-,14+,15-,16+,18+/m0/s1. The van der Waals surface area contributed by atoms with Gasteiger partial charge in [0.2, 0.25) is 0 Å². The van der Waals surface area contributed by atoms with E-state index in [2.05, 4.69) is 11.7 Å². The summed E-state index contributed by atoms with van der Waals surface area (Å²) in [5.74, 6) is -0.311. The number of rotatable bonds is 12. The number of halogens is 1. The van der Waals surface area contributed by atoms with Crippen molar-refractivity contribution in [3.8, 4) is 0 Å². The molecular formula is C18H35ClO4. The first-order chi connectivity index (χ1) is 10.7. The van der Waals surface area contributed by atoms with Gasteiger partial charge in [-0.3, -0.25) is 4.79 Å². The van der Waals surface area contributed by atoms with Gasteiger partial charge in [-0.1, -0.05) is 33.1 Å². The van der Waals surface area contributed by atoms with Crippen LogP contribution in [0.1, 0.15) is 72.6 Å². The Morgan fingerprint density at radius 1 is 1.26 bits per heavy atom. The number of aliphatic hydroxyl groups excluding tert-OH is 1. The molecule has 0 unspecified atom stereocenters. The van der Waals surface area contributed by atoms with E-state index in [4.69, 9.17) is 11.6 Å². The van der Waals surface area contributed by atoms with Crippen molar-refractivity contribution in [2.75, 3.05) is 7.11 Å². The van der Waals surface area contributed by atoms with Crippen molar-refractivity contribution in [2.24, 2.45) is 11.8 Å². The summed E-state index contributed by atoms with van der Waals surface area (Å²) in [7, 11) is 1.31. The molecule has 0 amide bonds. The Kier molecular flexibility index (Phi) is 11.1. The van der Waals surface area contributed by atoms with Crippen molar-refractivity contribution in [3.63, 3.8) is 0 Å². The normalized spacial score (nSPS) is 19.5. The van der Waals surface area contributed by atoms with Crippen LogP contribution >= 0.6 is 11.6 Å². The van der Waals surface area contributed by atoms with Crippen molar-refractivity contribution in [2.45, 2.75) is 89.7 Å². The topological polar surface area (TPSA) is 66.8 Å². The molecule has 0 saturated carbocycles. The first-order valence-electron chi connectivity index (χ1n) is 8.78. The largest absolute Gasteiger partial charge is 0.469 e. The molecule has 0 bridgehead atoms. The molecule has 2 N–H and O–H groups in total. The predicted molar refractivity (Wildman–Crippen MR) is 94.6 cm³/mol. The molecule has 138 valence electrons. The van der Waals surface area contributed by atoms with E-state index in [0.29, 0.717) is 19.3 Å². The van der Waals surface area contributed by atoms with Gasteiger partial charge in [-0.2, -0.15) is 0 Å². The minimum Gasteiger partial charge on any atom is -0.469 e. The van der Waals surface area contributed by atoms with Gasteiger partial charge in [-0.15, -0.1) is 11.6 Å². The highest BCUT2D eigenvalue weighted by atomic mass is 35.5. The fourth-order valence-electron chi connectivity index (χ4n) is 3.15. The number of ether oxygens (including phenoxy) is 1. The molecule has 0 heterocycles. The second-order valence-corrected chi connectivity index (χ2v) is 7.69. The summed E-state index contributed by atoms with van der Waals surface area (Å²) < 4.78 is 4.61. The Morgan fingerprint density at radius 3 is 2.26 bits per heavy atom. The zero-order valence-corrected chi connectivity index (χ0v) is 16.1. The lowest BCUT2D eigenvalue weighted by molar-refractivity contribution is -0.144. The fourth-order valence-corrected chi connectivity index (χ4v) is 3.36. The maximum Gasteiger partial charge on any atom is 0.308 e. The average Bonchev–Trinajstić information content (AvgIpc) is 2.48. The van der Waals surface area contributed by atoms with E-state index in [-0.39, 0.29) is 23.6 Å². The van der Waals surface area contributed by atoms with Gasteiger partial charge in [0.1, 0.15) is 0 Å². The van der Waals surface area contributed by atoms with Gasteiger partial charge in [-0.25, -0.2) is 0 Å². The highest BCUT2D eigenvalue weighted by Crippen LogP contribution is 2.33. The minimum atomic E-state index is -0.903. The summed E-state index contributed by atoms with van der Waals surface area (Å²) in [4.78, 5) is 11.3. The maximum absolute atomic E-state index is 11.3. The summed E-state index contributed by atoms with van der Waals surface area (Å²) in [6.45, 7) is 7.88. The van der Waals surface area contributed by atoms with Crippen LogP contribution in [-0.4, -0.2) is 40.4 Å². The Hall–Kier alpha value is -0.320. The average molecular weight is 351 g/mol. The minimum absolute atomic E-state index is 0.00749. The quantitative estimate of drug-likeness (QED) is 0.414. The predicted octanol–water partition coefficient (Wildman–Crippen LogP) is 3.90. The summed E-state index contributed by atoms with van der Waals surface area (Å²) in [6.07, 6.45) is 4.14. The first-order valence-corrected chi connectivity index (χ1v) is 9.21. The van der Waals surface area contributed by atoms with Crippen molar-refractivity contribution in [3.05, 3.63) is 0 Å². The summed E-state index contributed by atoms with van der Waals surface area (Å²) in [5.41, 5.74) is -0.903. The van der Waals surface area contributed by atoms with Crippen LogP contribution < -0.4 is 0 Å². The smallest absolute Gasteiger partial charge is 0.308 e. The zero-order valence-electron chi connectivity index (χ0n) is 15.3. The number of alkyl halides is 1. The van der Waals surface area contributed by atoms with Crippen LogP contribution in [-0.2, 0) is 9.53 Å². The molecular weight excluding hydrogens is 316 g/mol. The number of carbonyl (C=O) groups excluding carboxylic acids is 1. The number of carbonyl (C=O) groups is 1. The Morgan fingerprint density at radius 2 is 1.83 bits per heavy atom. The molecule has 0 aliphatic carbocycles. The molecule has 0 fully saturated rings. The van der Waals surface area contributed by atoms with E-state index in [1.165, 1.54) is 7.11 Å². The molecule has 0 spiro atoms. The summed E-state index contributed by atoms with van der Waals surface area (Å²) >= 11 is 6.28. The number of esters is 1. The SMILES string of the molecule is CCCC[C@@H](C[C@](C)(O)C[C@@H](CC)[C@H](O)CC(=O)OC)[C@H](C)Cl. The number of hydrogen-bond acceptors (Lipinski definition) is 4. The van der Waals surface area contributed by atoms with Crippen molar-refractivity contribution in [1.29, 1.82) is 0 Å². The Labute approximate surface area is 146 Å². The van der Waals surface area contributed by atoms with Gasteiger partial charge >= 0.3 is 5.97 Å². The molecule has 23 heavy (non-hydrogen) atoms. The second kappa shape index (κ2) is 11.3. The van der Waals surface area contributed by atoms with Crippen LogP contribution in [0.2, 0.25) is 0 Å². The lowest BCUT2D eigenvalue weighted by Crippen LogP contribution is -2.36. The van der Waals surface area contributed by atoms with E-state index >= 15 is 0 Å². The summed E-state index contributed by atoms with van der Waals surface area (Å²) in [6, 6.07) is 0. The van der Waals surface area contributed by atoms with Crippen molar-refractivity contribution in [1.82, 2.24) is 0 Å². The van der Waals surface area contributed by atoms with E-state index in [0.717, 1.165) is 19.3 Å². The van der Waals surface area contributed by atoms with Gasteiger partial charge in [-0.05, 0) is 44.9 Å². The highest BCUT2D eigenvalue weighted by Gasteiger charge is 2.33. The zero-order chi connectivity index (χ0) is 18.0. The van der Waals surface area contributed by atoms with Gasteiger partial charge in [0.15, 0.2) is 0 Å². The highest BCUT2D eigenvalue weighted by molar-refractivity contribution is 6.20. The van der Waals surface area contributed by atoms with Crippen LogP contribution in [0.4, 0.5) is 0 Å². The lowest BCUT2D eigenvalue weighted by atomic mass is 9.79. The number of unbranched alkanes of at least 4 members (excludes halogenated alkanes) is 1. The van der Waals surface area contributed by atoms with Gasteiger partial charge in [0.05, 0.1) is 25.2 Å². The molecule has 0 radical (unpaired) electrons. The van der Waals surface area contributed by atoms with Gasteiger partial charge in [0, 0.05) is 5.38 Å². The third kappa shape index (κ3) is 9.53. The second-order valence-electron chi connectivity index (χ2n) is 7.00. The maximum atomic E-state index is 11.3. The molecule has 0 rings (SSSR count). The van der Waals surface area contributed by atoms with Gasteiger partial charge in [0.25, 0.3) is 0 Å². The number of aliphatic hydroxyl groups is 2.